The first-order chi connectivity index (χ1) is 13.7. The average Bonchev–Trinajstić information content (AvgIpc) is 3.16. The van der Waals surface area contributed by atoms with Crippen LogP contribution in [0.15, 0.2) is 60.0 Å². The predicted octanol–water partition coefficient (Wildman–Crippen LogP) is 5.01. The van der Waals surface area contributed by atoms with Gasteiger partial charge in [0.05, 0.1) is 16.8 Å². The fourth-order valence-electron chi connectivity index (χ4n) is 2.36. The minimum Gasteiger partial charge on any atom is -0.449 e. The Labute approximate surface area is 168 Å². The van der Waals surface area contributed by atoms with Crippen LogP contribution in [0, 0.1) is 0 Å². The van der Waals surface area contributed by atoms with E-state index in [0.29, 0.717) is 10.8 Å². The van der Waals surface area contributed by atoms with Crippen LogP contribution in [0.1, 0.15) is 22.8 Å². The zero-order chi connectivity index (χ0) is 21.0. The Morgan fingerprint density at radius 3 is 2.34 bits per heavy atom. The molecule has 1 unspecified atom stereocenters. The number of amides is 1. The lowest BCUT2D eigenvalue weighted by molar-refractivity contribution is -0.137. The molecule has 0 radical (unpaired) electrons. The van der Waals surface area contributed by atoms with Gasteiger partial charge >= 0.3 is 12.1 Å². The van der Waals surface area contributed by atoms with Gasteiger partial charge in [-0.25, -0.2) is 9.78 Å². The largest absolute Gasteiger partial charge is 0.449 e. The SMILES string of the molecule is CC(OC(=O)c1ccc(C(F)(F)F)cc1)C(=O)Nc1nc(-c2ccccc2)cs1. The number of hydrogen-bond donors (Lipinski definition) is 1. The van der Waals surface area contributed by atoms with Crippen LogP contribution in [0.4, 0.5) is 18.3 Å². The predicted molar refractivity (Wildman–Crippen MR) is 103 cm³/mol. The molecule has 0 spiro atoms. The molecule has 0 bridgehead atoms. The van der Waals surface area contributed by atoms with E-state index in [2.05, 4.69) is 10.3 Å². The molecular formula is C20H15F3N2O3S. The highest BCUT2D eigenvalue weighted by Gasteiger charge is 2.30. The molecule has 29 heavy (non-hydrogen) atoms. The summed E-state index contributed by atoms with van der Waals surface area (Å²) >= 11 is 1.22. The monoisotopic (exact) mass is 420 g/mol. The van der Waals surface area contributed by atoms with E-state index in [1.165, 1.54) is 18.3 Å². The van der Waals surface area contributed by atoms with Gasteiger partial charge in [-0.1, -0.05) is 30.3 Å². The van der Waals surface area contributed by atoms with Gasteiger partial charge in [0.1, 0.15) is 0 Å². The summed E-state index contributed by atoms with van der Waals surface area (Å²) < 4.78 is 42.8. The lowest BCUT2D eigenvalue weighted by atomic mass is 10.1. The fraction of sp³-hybridized carbons (Fsp3) is 0.150. The first kappa shape index (κ1) is 20.5. The molecule has 3 aromatic rings. The maximum atomic E-state index is 12.6. The number of hydrogen-bond acceptors (Lipinski definition) is 5. The lowest BCUT2D eigenvalue weighted by Gasteiger charge is -2.13. The molecule has 1 N–H and O–H groups in total. The molecule has 5 nitrogen and oxygen atoms in total. The number of alkyl halides is 3. The Bertz CT molecular complexity index is 1000. The van der Waals surface area contributed by atoms with E-state index in [1.54, 1.807) is 5.38 Å². The zero-order valence-electron chi connectivity index (χ0n) is 15.1. The molecule has 0 saturated carbocycles. The molecule has 0 aliphatic rings. The van der Waals surface area contributed by atoms with Gasteiger partial charge in [-0.3, -0.25) is 10.1 Å². The average molecular weight is 420 g/mol. The third kappa shape index (κ3) is 5.20. The summed E-state index contributed by atoms with van der Waals surface area (Å²) in [4.78, 5) is 28.6. The van der Waals surface area contributed by atoms with E-state index in [0.717, 1.165) is 29.8 Å². The van der Waals surface area contributed by atoms with Gasteiger partial charge in [0.25, 0.3) is 5.91 Å². The van der Waals surface area contributed by atoms with Crippen molar-refractivity contribution in [1.29, 1.82) is 0 Å². The van der Waals surface area contributed by atoms with E-state index >= 15 is 0 Å². The van der Waals surface area contributed by atoms with Gasteiger partial charge in [-0.05, 0) is 31.2 Å². The number of halogens is 3. The normalized spacial score (nSPS) is 12.3. The number of ether oxygens (including phenoxy) is 1. The number of carbonyl (C=O) groups is 2. The number of nitrogens with zero attached hydrogens (tertiary/aromatic N) is 1. The highest BCUT2D eigenvalue weighted by molar-refractivity contribution is 7.14. The van der Waals surface area contributed by atoms with Crippen LogP contribution in [0.3, 0.4) is 0 Å². The second-order valence-corrected chi connectivity index (χ2v) is 6.87. The zero-order valence-corrected chi connectivity index (χ0v) is 15.9. The van der Waals surface area contributed by atoms with Crippen LogP contribution < -0.4 is 5.32 Å². The third-order valence-electron chi connectivity index (χ3n) is 3.90. The topological polar surface area (TPSA) is 68.3 Å². The molecule has 0 fully saturated rings. The van der Waals surface area contributed by atoms with Crippen molar-refractivity contribution in [1.82, 2.24) is 4.98 Å². The Morgan fingerprint density at radius 2 is 1.72 bits per heavy atom. The number of anilines is 1. The van der Waals surface area contributed by atoms with Gasteiger partial charge in [0.2, 0.25) is 0 Å². The lowest BCUT2D eigenvalue weighted by Crippen LogP contribution is -2.30. The fourth-order valence-corrected chi connectivity index (χ4v) is 3.08. The minimum absolute atomic E-state index is 0.0849. The van der Waals surface area contributed by atoms with Crippen LogP contribution in [-0.4, -0.2) is 23.0 Å². The number of thiazole rings is 1. The molecule has 0 aliphatic carbocycles. The van der Waals surface area contributed by atoms with Crippen molar-refractivity contribution >= 4 is 28.3 Å². The smallest absolute Gasteiger partial charge is 0.416 e. The van der Waals surface area contributed by atoms with Crippen molar-refractivity contribution in [3.63, 3.8) is 0 Å². The molecule has 150 valence electrons. The van der Waals surface area contributed by atoms with Crippen molar-refractivity contribution in [3.8, 4) is 11.3 Å². The molecule has 3 rings (SSSR count). The molecule has 1 amide bonds. The molecule has 0 aliphatic heterocycles. The number of nitrogens with one attached hydrogen (secondary N) is 1. The van der Waals surface area contributed by atoms with Crippen molar-refractivity contribution in [2.75, 3.05) is 5.32 Å². The Hall–Kier alpha value is -3.20. The van der Waals surface area contributed by atoms with Gasteiger partial charge in [0, 0.05) is 10.9 Å². The van der Waals surface area contributed by atoms with E-state index in [4.69, 9.17) is 4.74 Å². The van der Waals surface area contributed by atoms with E-state index in [1.807, 2.05) is 30.3 Å². The summed E-state index contributed by atoms with van der Waals surface area (Å²) in [6.07, 6.45) is -5.66. The molecule has 9 heteroatoms. The Kier molecular flexibility index (Phi) is 5.97. The third-order valence-corrected chi connectivity index (χ3v) is 4.66. The van der Waals surface area contributed by atoms with Crippen molar-refractivity contribution in [3.05, 3.63) is 71.1 Å². The first-order valence-electron chi connectivity index (χ1n) is 8.44. The molecule has 1 heterocycles. The summed E-state index contributed by atoms with van der Waals surface area (Å²) in [6.45, 7) is 1.36. The Balaban J connectivity index is 1.59. The molecule has 1 atom stereocenters. The maximum absolute atomic E-state index is 12.6. The number of aromatic nitrogens is 1. The summed E-state index contributed by atoms with van der Waals surface area (Å²) in [7, 11) is 0. The summed E-state index contributed by atoms with van der Waals surface area (Å²) in [5, 5.41) is 4.68. The first-order valence-corrected chi connectivity index (χ1v) is 9.32. The van der Waals surface area contributed by atoms with Gasteiger partial charge in [-0.15, -0.1) is 11.3 Å². The van der Waals surface area contributed by atoms with Crippen molar-refractivity contribution in [2.24, 2.45) is 0 Å². The number of carbonyl (C=O) groups excluding carboxylic acids is 2. The standard InChI is InChI=1S/C20H15F3N2O3S/c1-12(28-18(27)14-7-9-15(10-8-14)20(21,22)23)17(26)25-19-24-16(11-29-19)13-5-3-2-4-6-13/h2-12H,1H3,(H,24,25,26). The minimum atomic E-state index is -4.50. The second kappa shape index (κ2) is 8.44. The molecular weight excluding hydrogens is 405 g/mol. The number of esters is 1. The van der Waals surface area contributed by atoms with Crippen LogP contribution in [0.5, 0.6) is 0 Å². The van der Waals surface area contributed by atoms with Crippen LogP contribution in [0.2, 0.25) is 0 Å². The van der Waals surface area contributed by atoms with Crippen molar-refractivity contribution in [2.45, 2.75) is 19.2 Å². The van der Waals surface area contributed by atoms with Crippen LogP contribution in [-0.2, 0) is 15.7 Å². The summed E-state index contributed by atoms with van der Waals surface area (Å²) in [5.74, 6) is -1.50. The van der Waals surface area contributed by atoms with Gasteiger partial charge in [0.15, 0.2) is 11.2 Å². The van der Waals surface area contributed by atoms with E-state index in [-0.39, 0.29) is 5.56 Å². The number of benzene rings is 2. The van der Waals surface area contributed by atoms with Gasteiger partial charge in [-0.2, -0.15) is 13.2 Å². The molecule has 1 aromatic heterocycles. The second-order valence-electron chi connectivity index (χ2n) is 6.02. The summed E-state index contributed by atoms with van der Waals surface area (Å²) in [6, 6.07) is 13.0. The highest BCUT2D eigenvalue weighted by Crippen LogP contribution is 2.29. The van der Waals surface area contributed by atoms with Crippen molar-refractivity contribution < 1.29 is 27.5 Å². The molecule has 0 saturated heterocycles. The quantitative estimate of drug-likeness (QED) is 0.589. The number of rotatable bonds is 5. The Morgan fingerprint density at radius 1 is 1.07 bits per heavy atom. The highest BCUT2D eigenvalue weighted by atomic mass is 32.1. The van der Waals surface area contributed by atoms with Crippen LogP contribution in [0.25, 0.3) is 11.3 Å². The van der Waals surface area contributed by atoms with Gasteiger partial charge < -0.3 is 4.74 Å². The van der Waals surface area contributed by atoms with E-state index < -0.39 is 29.7 Å². The maximum Gasteiger partial charge on any atom is 0.416 e. The summed E-state index contributed by atoms with van der Waals surface area (Å²) in [5.41, 5.74) is 0.627. The van der Waals surface area contributed by atoms with E-state index in [9.17, 15) is 22.8 Å². The van der Waals surface area contributed by atoms with Crippen LogP contribution >= 0.6 is 11.3 Å². The molecule has 2 aromatic carbocycles.